The van der Waals surface area contributed by atoms with Crippen LogP contribution in [0.5, 0.6) is 0 Å². The van der Waals surface area contributed by atoms with Crippen LogP contribution in [0.3, 0.4) is 0 Å². The third kappa shape index (κ3) is 3.99. The van der Waals surface area contributed by atoms with E-state index in [0.717, 1.165) is 25.0 Å². The van der Waals surface area contributed by atoms with E-state index in [1.807, 2.05) is 0 Å². The number of aliphatic hydroxyl groups is 1. The molecule has 0 aromatic heterocycles. The first-order valence-corrected chi connectivity index (χ1v) is 7.92. The number of nitro benzene ring substituents is 1. The quantitative estimate of drug-likeness (QED) is 0.560. The maximum Gasteiger partial charge on any atom is 0.269 e. The summed E-state index contributed by atoms with van der Waals surface area (Å²) < 4.78 is 24.1. The van der Waals surface area contributed by atoms with Gasteiger partial charge in [-0.2, -0.15) is 0 Å². The van der Waals surface area contributed by atoms with Gasteiger partial charge in [0.1, 0.15) is 0 Å². The maximum absolute atomic E-state index is 12.0. The highest BCUT2D eigenvalue weighted by molar-refractivity contribution is 7.91. The van der Waals surface area contributed by atoms with E-state index < -0.39 is 26.6 Å². The molecule has 0 amide bonds. The second kappa shape index (κ2) is 5.86. The number of nitrogens with one attached hydrogen (secondary N) is 1. The minimum absolute atomic E-state index is 0.0198. The number of non-ortho nitro benzene ring substituents is 1. The molecule has 8 heteroatoms. The molecule has 0 radical (unpaired) electrons. The summed E-state index contributed by atoms with van der Waals surface area (Å²) in [5, 5.41) is 23.3. The SMILES string of the molecule is O=[N+]([O-])c1ccc(S(=O)(=O)CC(O)CNC2CC2)cc1. The van der Waals surface area contributed by atoms with Crippen molar-refractivity contribution in [3.8, 4) is 0 Å². The van der Waals surface area contributed by atoms with Crippen molar-refractivity contribution in [2.45, 2.75) is 29.9 Å². The van der Waals surface area contributed by atoms with E-state index in [1.165, 1.54) is 12.1 Å². The van der Waals surface area contributed by atoms with Gasteiger partial charge in [0, 0.05) is 24.7 Å². The molecule has 0 heterocycles. The van der Waals surface area contributed by atoms with Crippen LogP contribution in [0.1, 0.15) is 12.8 Å². The van der Waals surface area contributed by atoms with Crippen LogP contribution >= 0.6 is 0 Å². The number of sulfone groups is 1. The Hall–Kier alpha value is -1.51. The highest BCUT2D eigenvalue weighted by Gasteiger charge is 2.24. The number of hydrogen-bond donors (Lipinski definition) is 2. The van der Waals surface area contributed by atoms with Gasteiger partial charge in [0.25, 0.3) is 5.69 Å². The van der Waals surface area contributed by atoms with Crippen molar-refractivity contribution in [3.63, 3.8) is 0 Å². The molecule has 1 saturated carbocycles. The normalized spacial score (nSPS) is 16.9. The van der Waals surface area contributed by atoms with Crippen LogP contribution < -0.4 is 5.32 Å². The van der Waals surface area contributed by atoms with Gasteiger partial charge in [-0.15, -0.1) is 0 Å². The zero-order valence-corrected chi connectivity index (χ0v) is 11.5. The molecule has 1 aliphatic carbocycles. The Morgan fingerprint density at radius 1 is 1.35 bits per heavy atom. The predicted octanol–water partition coefficient (Wildman–Crippen LogP) is 0.481. The van der Waals surface area contributed by atoms with E-state index in [2.05, 4.69) is 5.32 Å². The minimum atomic E-state index is -3.64. The van der Waals surface area contributed by atoms with Gasteiger partial charge in [-0.1, -0.05) is 0 Å². The first kappa shape index (κ1) is 14.9. The van der Waals surface area contributed by atoms with Gasteiger partial charge >= 0.3 is 0 Å². The van der Waals surface area contributed by atoms with Crippen LogP contribution in [0.2, 0.25) is 0 Å². The Balaban J connectivity index is 1.99. The van der Waals surface area contributed by atoms with Gasteiger partial charge in [0.15, 0.2) is 9.84 Å². The molecule has 1 aromatic carbocycles. The lowest BCUT2D eigenvalue weighted by molar-refractivity contribution is -0.384. The van der Waals surface area contributed by atoms with Crippen LogP contribution in [0.25, 0.3) is 0 Å². The summed E-state index contributed by atoms with van der Waals surface area (Å²) in [6, 6.07) is 5.05. The summed E-state index contributed by atoms with van der Waals surface area (Å²) in [7, 11) is -3.64. The van der Waals surface area contributed by atoms with Gasteiger partial charge in [0.2, 0.25) is 0 Å². The van der Waals surface area contributed by atoms with Gasteiger partial charge in [0.05, 0.1) is 21.7 Å². The lowest BCUT2D eigenvalue weighted by Gasteiger charge is -2.12. The predicted molar refractivity (Wildman–Crippen MR) is 72.2 cm³/mol. The lowest BCUT2D eigenvalue weighted by atomic mass is 10.3. The Bertz CT molecular complexity index is 580. The van der Waals surface area contributed by atoms with Crippen molar-refractivity contribution in [1.29, 1.82) is 0 Å². The summed E-state index contributed by atoms with van der Waals surface area (Å²) in [5.41, 5.74) is -0.167. The fourth-order valence-corrected chi connectivity index (χ4v) is 3.14. The molecule has 1 unspecified atom stereocenters. The molecule has 0 saturated heterocycles. The Labute approximate surface area is 116 Å². The largest absolute Gasteiger partial charge is 0.391 e. The zero-order valence-electron chi connectivity index (χ0n) is 10.7. The summed E-state index contributed by atoms with van der Waals surface area (Å²) in [5.74, 6) is -0.398. The van der Waals surface area contributed by atoms with Gasteiger partial charge < -0.3 is 10.4 Å². The van der Waals surface area contributed by atoms with Crippen LogP contribution in [0.4, 0.5) is 5.69 Å². The number of aliphatic hydroxyl groups excluding tert-OH is 1. The van der Waals surface area contributed by atoms with Crippen molar-refractivity contribution in [2.24, 2.45) is 0 Å². The average molecular weight is 300 g/mol. The molecule has 0 bridgehead atoms. The molecule has 110 valence electrons. The summed E-state index contributed by atoms with van der Waals surface area (Å²) in [6.07, 6.45) is 1.12. The van der Waals surface area contributed by atoms with Crippen molar-refractivity contribution in [3.05, 3.63) is 34.4 Å². The van der Waals surface area contributed by atoms with Crippen LogP contribution in [-0.2, 0) is 9.84 Å². The van der Waals surface area contributed by atoms with Crippen LogP contribution in [0, 0.1) is 10.1 Å². The molecule has 1 aliphatic rings. The summed E-state index contributed by atoms with van der Waals surface area (Å²) in [6.45, 7) is 0.233. The number of nitro groups is 1. The second-order valence-electron chi connectivity index (χ2n) is 4.87. The van der Waals surface area contributed by atoms with E-state index >= 15 is 0 Å². The summed E-state index contributed by atoms with van der Waals surface area (Å²) in [4.78, 5) is 9.89. The molecule has 20 heavy (non-hydrogen) atoms. The molecular formula is C12H16N2O5S. The fraction of sp³-hybridized carbons (Fsp3) is 0.500. The second-order valence-corrected chi connectivity index (χ2v) is 6.90. The molecule has 0 spiro atoms. The standard InChI is InChI=1S/C12H16N2O5S/c15-11(7-13-9-1-2-9)8-20(18,19)12-5-3-10(4-6-12)14(16)17/h3-6,9,11,13,15H,1-2,7-8H2. The van der Waals surface area contributed by atoms with Crippen molar-refractivity contribution >= 4 is 15.5 Å². The molecular weight excluding hydrogens is 284 g/mol. The molecule has 2 N–H and O–H groups in total. The first-order chi connectivity index (χ1) is 9.38. The van der Waals surface area contributed by atoms with Gasteiger partial charge in [-0.25, -0.2) is 8.42 Å². The monoisotopic (exact) mass is 300 g/mol. The van der Waals surface area contributed by atoms with E-state index in [4.69, 9.17) is 0 Å². The minimum Gasteiger partial charge on any atom is -0.391 e. The zero-order chi connectivity index (χ0) is 14.8. The molecule has 1 fully saturated rings. The summed E-state index contributed by atoms with van der Waals surface area (Å²) >= 11 is 0. The van der Waals surface area contributed by atoms with Crippen LogP contribution in [0.15, 0.2) is 29.2 Å². The fourth-order valence-electron chi connectivity index (χ4n) is 1.77. The maximum atomic E-state index is 12.0. The Morgan fingerprint density at radius 2 is 1.95 bits per heavy atom. The number of hydrogen-bond acceptors (Lipinski definition) is 6. The highest BCUT2D eigenvalue weighted by atomic mass is 32.2. The number of benzene rings is 1. The number of nitrogens with zero attached hydrogens (tertiary/aromatic N) is 1. The van der Waals surface area contributed by atoms with E-state index in [-0.39, 0.29) is 17.1 Å². The average Bonchev–Trinajstić information content (AvgIpc) is 3.20. The first-order valence-electron chi connectivity index (χ1n) is 6.27. The molecule has 1 atom stereocenters. The van der Waals surface area contributed by atoms with Crippen molar-refractivity contribution in [2.75, 3.05) is 12.3 Å². The molecule has 1 aromatic rings. The lowest BCUT2D eigenvalue weighted by Crippen LogP contribution is -2.33. The molecule has 0 aliphatic heterocycles. The molecule has 7 nitrogen and oxygen atoms in total. The smallest absolute Gasteiger partial charge is 0.269 e. The van der Waals surface area contributed by atoms with Crippen molar-refractivity contribution in [1.82, 2.24) is 5.32 Å². The van der Waals surface area contributed by atoms with Gasteiger partial charge in [-0.3, -0.25) is 10.1 Å². The van der Waals surface area contributed by atoms with Crippen LogP contribution in [-0.4, -0.2) is 42.9 Å². The Morgan fingerprint density at radius 3 is 2.45 bits per heavy atom. The topological polar surface area (TPSA) is 110 Å². The highest BCUT2D eigenvalue weighted by Crippen LogP contribution is 2.19. The van der Waals surface area contributed by atoms with E-state index in [1.54, 1.807) is 0 Å². The van der Waals surface area contributed by atoms with Gasteiger partial charge in [-0.05, 0) is 25.0 Å². The third-order valence-electron chi connectivity index (χ3n) is 3.04. The molecule has 2 rings (SSSR count). The van der Waals surface area contributed by atoms with Crippen molar-refractivity contribution < 1.29 is 18.4 Å². The third-order valence-corrected chi connectivity index (χ3v) is 4.85. The Kier molecular flexibility index (Phi) is 4.36. The van der Waals surface area contributed by atoms with E-state index in [0.29, 0.717) is 6.04 Å². The number of rotatable bonds is 7. The van der Waals surface area contributed by atoms with E-state index in [9.17, 15) is 23.6 Å².